The largest absolute Gasteiger partial charge is 0.496 e. The van der Waals surface area contributed by atoms with Crippen molar-refractivity contribution in [3.8, 4) is 5.75 Å². The molecule has 0 fully saturated rings. The number of benzene rings is 1. The minimum absolute atomic E-state index is 0.732. The third-order valence-electron chi connectivity index (χ3n) is 2.79. The van der Waals surface area contributed by atoms with E-state index in [2.05, 4.69) is 29.6 Å². The van der Waals surface area contributed by atoms with E-state index in [0.29, 0.717) is 0 Å². The molecule has 1 aromatic carbocycles. The molecule has 18 heavy (non-hydrogen) atoms. The molecule has 1 heterocycles. The monoisotopic (exact) mass is 245 g/mol. The molecule has 0 unspecified atom stereocenters. The minimum Gasteiger partial charge on any atom is -0.496 e. The van der Waals surface area contributed by atoms with E-state index < -0.39 is 0 Å². The summed E-state index contributed by atoms with van der Waals surface area (Å²) in [5, 5.41) is 7.65. The highest BCUT2D eigenvalue weighted by Crippen LogP contribution is 2.18. The van der Waals surface area contributed by atoms with Crippen LogP contribution in [-0.4, -0.2) is 23.4 Å². The molecule has 0 bridgehead atoms. The molecule has 0 aliphatic rings. The molecule has 0 saturated heterocycles. The average Bonchev–Trinajstić information content (AvgIpc) is 2.84. The Morgan fingerprint density at radius 1 is 1.33 bits per heavy atom. The van der Waals surface area contributed by atoms with Crippen LogP contribution in [0.3, 0.4) is 0 Å². The highest BCUT2D eigenvalue weighted by molar-refractivity contribution is 5.33. The van der Waals surface area contributed by atoms with Gasteiger partial charge in [0.25, 0.3) is 0 Å². The predicted molar refractivity (Wildman–Crippen MR) is 71.7 cm³/mol. The van der Waals surface area contributed by atoms with Crippen LogP contribution in [0, 0.1) is 0 Å². The molecule has 2 aromatic rings. The van der Waals surface area contributed by atoms with Gasteiger partial charge in [0, 0.05) is 23.9 Å². The first kappa shape index (κ1) is 12.6. The van der Waals surface area contributed by atoms with E-state index in [9.17, 15) is 0 Å². The van der Waals surface area contributed by atoms with Gasteiger partial charge in [-0.15, -0.1) is 0 Å². The number of rotatable bonds is 6. The number of hydrogen-bond donors (Lipinski definition) is 1. The first-order valence-electron chi connectivity index (χ1n) is 6.17. The lowest BCUT2D eigenvalue weighted by Gasteiger charge is -2.07. The Morgan fingerprint density at radius 3 is 2.94 bits per heavy atom. The Bertz CT molecular complexity index is 493. The maximum absolute atomic E-state index is 5.34. The van der Waals surface area contributed by atoms with Crippen molar-refractivity contribution in [1.29, 1.82) is 0 Å². The summed E-state index contributed by atoms with van der Waals surface area (Å²) in [5.41, 5.74) is 2.34. The highest BCUT2D eigenvalue weighted by atomic mass is 16.5. The van der Waals surface area contributed by atoms with Crippen LogP contribution in [0.15, 0.2) is 36.7 Å². The van der Waals surface area contributed by atoms with Gasteiger partial charge in [0.15, 0.2) is 0 Å². The zero-order valence-corrected chi connectivity index (χ0v) is 10.9. The summed E-state index contributed by atoms with van der Waals surface area (Å²) in [4.78, 5) is 0. The predicted octanol–water partition coefficient (Wildman–Crippen LogP) is 2.05. The number of nitrogens with zero attached hydrogens (tertiary/aromatic N) is 2. The SMILES string of the molecule is CCNCc1cnn(Cc2ccccc2OC)c1. The lowest BCUT2D eigenvalue weighted by Crippen LogP contribution is -2.11. The molecule has 0 spiro atoms. The van der Waals surface area contributed by atoms with Crippen LogP contribution in [0.5, 0.6) is 5.75 Å². The van der Waals surface area contributed by atoms with E-state index in [1.165, 1.54) is 5.56 Å². The second kappa shape index (κ2) is 6.21. The van der Waals surface area contributed by atoms with Gasteiger partial charge in [0.1, 0.15) is 5.75 Å². The van der Waals surface area contributed by atoms with Gasteiger partial charge >= 0.3 is 0 Å². The Balaban J connectivity index is 2.06. The average molecular weight is 245 g/mol. The summed E-state index contributed by atoms with van der Waals surface area (Å²) in [6.07, 6.45) is 3.97. The van der Waals surface area contributed by atoms with Crippen molar-refractivity contribution in [2.45, 2.75) is 20.0 Å². The molecule has 0 atom stereocenters. The molecule has 96 valence electrons. The van der Waals surface area contributed by atoms with Gasteiger partial charge in [-0.25, -0.2) is 0 Å². The first-order chi connectivity index (χ1) is 8.83. The number of methoxy groups -OCH3 is 1. The van der Waals surface area contributed by atoms with Gasteiger partial charge in [-0.05, 0) is 12.6 Å². The maximum atomic E-state index is 5.34. The van der Waals surface area contributed by atoms with Crippen LogP contribution in [0.2, 0.25) is 0 Å². The molecule has 1 aromatic heterocycles. The summed E-state index contributed by atoms with van der Waals surface area (Å²) >= 11 is 0. The second-order valence-electron chi connectivity index (χ2n) is 4.14. The Morgan fingerprint density at radius 2 is 2.17 bits per heavy atom. The van der Waals surface area contributed by atoms with Crippen molar-refractivity contribution < 1.29 is 4.74 Å². The van der Waals surface area contributed by atoms with Gasteiger partial charge < -0.3 is 10.1 Å². The van der Waals surface area contributed by atoms with Crippen LogP contribution in [0.4, 0.5) is 0 Å². The van der Waals surface area contributed by atoms with Crippen molar-refractivity contribution in [3.05, 3.63) is 47.8 Å². The zero-order valence-electron chi connectivity index (χ0n) is 10.9. The first-order valence-corrected chi connectivity index (χ1v) is 6.17. The van der Waals surface area contributed by atoms with Gasteiger partial charge in [-0.2, -0.15) is 5.10 Å². The second-order valence-corrected chi connectivity index (χ2v) is 4.14. The minimum atomic E-state index is 0.732. The molecule has 0 aliphatic carbocycles. The lowest BCUT2D eigenvalue weighted by molar-refractivity contribution is 0.407. The third-order valence-corrected chi connectivity index (χ3v) is 2.79. The molecule has 0 amide bonds. The van der Waals surface area contributed by atoms with Gasteiger partial charge in [0.2, 0.25) is 0 Å². The topological polar surface area (TPSA) is 39.1 Å². The number of hydrogen-bond acceptors (Lipinski definition) is 3. The van der Waals surface area contributed by atoms with Crippen molar-refractivity contribution in [2.75, 3.05) is 13.7 Å². The maximum Gasteiger partial charge on any atom is 0.123 e. The van der Waals surface area contributed by atoms with Crippen LogP contribution in [0.1, 0.15) is 18.1 Å². The number of para-hydroxylation sites is 1. The van der Waals surface area contributed by atoms with E-state index in [0.717, 1.165) is 30.9 Å². The fourth-order valence-electron chi connectivity index (χ4n) is 1.86. The van der Waals surface area contributed by atoms with E-state index in [-0.39, 0.29) is 0 Å². The zero-order chi connectivity index (χ0) is 12.8. The Hall–Kier alpha value is -1.81. The summed E-state index contributed by atoms with van der Waals surface area (Å²) < 4.78 is 7.27. The van der Waals surface area contributed by atoms with Crippen molar-refractivity contribution >= 4 is 0 Å². The van der Waals surface area contributed by atoms with Crippen LogP contribution >= 0.6 is 0 Å². The third kappa shape index (κ3) is 3.11. The van der Waals surface area contributed by atoms with Crippen molar-refractivity contribution in [3.63, 3.8) is 0 Å². The van der Waals surface area contributed by atoms with Gasteiger partial charge in [-0.1, -0.05) is 25.1 Å². The quantitative estimate of drug-likeness (QED) is 0.846. The molecular formula is C14H19N3O. The smallest absolute Gasteiger partial charge is 0.123 e. The lowest BCUT2D eigenvalue weighted by atomic mass is 10.2. The van der Waals surface area contributed by atoms with E-state index in [1.54, 1.807) is 7.11 Å². The summed E-state index contributed by atoms with van der Waals surface area (Å²) in [6, 6.07) is 8.02. The molecule has 4 nitrogen and oxygen atoms in total. The molecule has 2 rings (SSSR count). The molecule has 0 radical (unpaired) electrons. The van der Waals surface area contributed by atoms with Crippen molar-refractivity contribution in [2.24, 2.45) is 0 Å². The van der Waals surface area contributed by atoms with Crippen molar-refractivity contribution in [1.82, 2.24) is 15.1 Å². The van der Waals surface area contributed by atoms with Crippen LogP contribution in [0.25, 0.3) is 0 Å². The normalized spacial score (nSPS) is 10.6. The van der Waals surface area contributed by atoms with Gasteiger partial charge in [0.05, 0.1) is 19.9 Å². The fraction of sp³-hybridized carbons (Fsp3) is 0.357. The number of aromatic nitrogens is 2. The molecule has 4 heteroatoms. The summed E-state index contributed by atoms with van der Waals surface area (Å²) in [6.45, 7) is 4.66. The fourth-order valence-corrected chi connectivity index (χ4v) is 1.86. The van der Waals surface area contributed by atoms with E-state index >= 15 is 0 Å². The van der Waals surface area contributed by atoms with E-state index in [1.807, 2.05) is 29.1 Å². The van der Waals surface area contributed by atoms with E-state index in [4.69, 9.17) is 4.74 Å². The van der Waals surface area contributed by atoms with Gasteiger partial charge in [-0.3, -0.25) is 4.68 Å². The standard InChI is InChI=1S/C14H19N3O/c1-3-15-8-12-9-16-17(10-12)11-13-6-4-5-7-14(13)18-2/h4-7,9-10,15H,3,8,11H2,1-2H3. The summed E-state index contributed by atoms with van der Waals surface area (Å²) in [7, 11) is 1.69. The highest BCUT2D eigenvalue weighted by Gasteiger charge is 2.04. The number of nitrogens with one attached hydrogen (secondary N) is 1. The molecule has 0 aliphatic heterocycles. The number of ether oxygens (including phenoxy) is 1. The molecular weight excluding hydrogens is 226 g/mol. The van der Waals surface area contributed by atoms with Crippen LogP contribution in [-0.2, 0) is 13.1 Å². The molecule has 0 saturated carbocycles. The Labute approximate surface area is 108 Å². The Kier molecular flexibility index (Phi) is 4.36. The van der Waals surface area contributed by atoms with Crippen LogP contribution < -0.4 is 10.1 Å². The summed E-state index contributed by atoms with van der Waals surface area (Å²) in [5.74, 6) is 0.904. The molecule has 1 N–H and O–H groups in total.